The van der Waals surface area contributed by atoms with E-state index in [1.807, 2.05) is 44.2 Å². The maximum atomic E-state index is 12.4. The number of benzene rings is 2. The summed E-state index contributed by atoms with van der Waals surface area (Å²) in [7, 11) is 3.14. The fraction of sp³-hybridized carbons (Fsp3) is 0.316. The molecule has 2 aromatic carbocycles. The zero-order valence-corrected chi connectivity index (χ0v) is 14.5. The minimum atomic E-state index is -0.340. The molecule has 0 aliphatic rings. The Bertz CT molecular complexity index is 674. The van der Waals surface area contributed by atoms with Crippen LogP contribution in [0.5, 0.6) is 11.5 Å². The van der Waals surface area contributed by atoms with Gasteiger partial charge in [-0.3, -0.25) is 10.1 Å². The van der Waals surface area contributed by atoms with E-state index in [2.05, 4.69) is 10.6 Å². The van der Waals surface area contributed by atoms with E-state index >= 15 is 0 Å². The minimum absolute atomic E-state index is 0.0809. The summed E-state index contributed by atoms with van der Waals surface area (Å²) in [5.74, 6) is 1.10. The Balaban J connectivity index is 1.99. The first-order valence-corrected chi connectivity index (χ1v) is 7.89. The number of hydrogen-bond donors (Lipinski definition) is 2. The number of carbonyl (C=O) groups excluding carboxylic acids is 1. The lowest BCUT2D eigenvalue weighted by atomic mass is 10.1. The van der Waals surface area contributed by atoms with Crippen LogP contribution >= 0.6 is 0 Å². The second-order valence-electron chi connectivity index (χ2n) is 5.58. The van der Waals surface area contributed by atoms with Gasteiger partial charge in [0.1, 0.15) is 0 Å². The van der Waals surface area contributed by atoms with Crippen molar-refractivity contribution in [2.24, 2.45) is 0 Å². The van der Waals surface area contributed by atoms with Crippen LogP contribution in [-0.4, -0.2) is 26.2 Å². The van der Waals surface area contributed by atoms with E-state index in [-0.39, 0.29) is 18.0 Å². The van der Waals surface area contributed by atoms with Crippen LogP contribution in [0.25, 0.3) is 0 Å². The van der Waals surface area contributed by atoms with E-state index in [0.717, 1.165) is 5.56 Å². The Morgan fingerprint density at radius 2 is 1.62 bits per heavy atom. The summed E-state index contributed by atoms with van der Waals surface area (Å²) < 4.78 is 10.4. The van der Waals surface area contributed by atoms with E-state index in [4.69, 9.17) is 9.47 Å². The SMILES string of the molecule is COc1ccc(NC(=O)[C@H](C)N[C@@H](C)c2ccccc2)cc1OC. The Hall–Kier alpha value is -2.53. The van der Waals surface area contributed by atoms with Crippen LogP contribution < -0.4 is 20.1 Å². The van der Waals surface area contributed by atoms with Crippen molar-refractivity contribution < 1.29 is 14.3 Å². The average Bonchev–Trinajstić information content (AvgIpc) is 2.62. The second-order valence-corrected chi connectivity index (χ2v) is 5.58. The lowest BCUT2D eigenvalue weighted by Gasteiger charge is -2.20. The maximum absolute atomic E-state index is 12.4. The van der Waals surface area contributed by atoms with Crippen molar-refractivity contribution >= 4 is 11.6 Å². The normalized spacial score (nSPS) is 13.0. The molecule has 0 aliphatic heterocycles. The zero-order chi connectivity index (χ0) is 17.5. The highest BCUT2D eigenvalue weighted by Gasteiger charge is 2.17. The molecule has 0 aliphatic carbocycles. The molecule has 1 amide bonds. The van der Waals surface area contributed by atoms with Gasteiger partial charge in [0, 0.05) is 17.8 Å². The third kappa shape index (κ3) is 4.49. The van der Waals surface area contributed by atoms with Crippen LogP contribution in [-0.2, 0) is 4.79 Å². The van der Waals surface area contributed by atoms with Crippen LogP contribution in [0, 0.1) is 0 Å². The predicted octanol–water partition coefficient (Wildman–Crippen LogP) is 3.38. The molecule has 0 fully saturated rings. The number of carbonyl (C=O) groups is 1. The summed E-state index contributed by atoms with van der Waals surface area (Å²) in [6.07, 6.45) is 0. The molecule has 5 nitrogen and oxygen atoms in total. The van der Waals surface area contributed by atoms with Gasteiger partial charge in [-0.15, -0.1) is 0 Å². The largest absolute Gasteiger partial charge is 0.493 e. The van der Waals surface area contributed by atoms with Crippen molar-refractivity contribution in [3.05, 3.63) is 54.1 Å². The second kappa shape index (κ2) is 8.36. The molecule has 0 aromatic heterocycles. The Morgan fingerprint density at radius 3 is 2.25 bits per heavy atom. The van der Waals surface area contributed by atoms with Gasteiger partial charge in [0.05, 0.1) is 20.3 Å². The molecule has 0 saturated carbocycles. The molecule has 0 spiro atoms. The number of hydrogen-bond acceptors (Lipinski definition) is 4. The molecule has 5 heteroatoms. The molecule has 0 saturated heterocycles. The Kier molecular flexibility index (Phi) is 6.21. The van der Waals surface area contributed by atoms with Crippen LogP contribution in [0.1, 0.15) is 25.5 Å². The zero-order valence-electron chi connectivity index (χ0n) is 14.5. The van der Waals surface area contributed by atoms with E-state index in [1.165, 1.54) is 0 Å². The Morgan fingerprint density at radius 1 is 0.958 bits per heavy atom. The standard InChI is InChI=1S/C19H24N2O3/c1-13(15-8-6-5-7-9-15)20-14(2)19(22)21-16-10-11-17(23-3)18(12-16)24-4/h5-14,20H,1-4H3,(H,21,22)/t13-,14-/m0/s1. The third-order valence-electron chi connectivity index (χ3n) is 3.84. The van der Waals surface area contributed by atoms with Gasteiger partial charge in [-0.1, -0.05) is 30.3 Å². The average molecular weight is 328 g/mol. The molecule has 2 rings (SSSR count). The van der Waals surface area contributed by atoms with Crippen molar-refractivity contribution in [2.75, 3.05) is 19.5 Å². The molecule has 2 aromatic rings. The highest BCUT2D eigenvalue weighted by atomic mass is 16.5. The van der Waals surface area contributed by atoms with Gasteiger partial charge < -0.3 is 14.8 Å². The summed E-state index contributed by atoms with van der Waals surface area (Å²) in [5, 5.41) is 6.19. The molecule has 0 bridgehead atoms. The van der Waals surface area contributed by atoms with Crippen LogP contribution in [0.4, 0.5) is 5.69 Å². The fourth-order valence-corrected chi connectivity index (χ4v) is 2.45. The van der Waals surface area contributed by atoms with Gasteiger partial charge in [-0.05, 0) is 31.5 Å². The molecule has 24 heavy (non-hydrogen) atoms. The summed E-state index contributed by atoms with van der Waals surface area (Å²) >= 11 is 0. The molecular weight excluding hydrogens is 304 g/mol. The van der Waals surface area contributed by atoms with E-state index < -0.39 is 0 Å². The van der Waals surface area contributed by atoms with Crippen LogP contribution in [0.3, 0.4) is 0 Å². The van der Waals surface area contributed by atoms with E-state index in [0.29, 0.717) is 17.2 Å². The van der Waals surface area contributed by atoms with Crippen molar-refractivity contribution in [2.45, 2.75) is 25.9 Å². The quantitative estimate of drug-likeness (QED) is 0.818. The number of anilines is 1. The van der Waals surface area contributed by atoms with Crippen molar-refractivity contribution in [1.82, 2.24) is 5.32 Å². The van der Waals surface area contributed by atoms with Gasteiger partial charge >= 0.3 is 0 Å². The Labute approximate surface area is 143 Å². The minimum Gasteiger partial charge on any atom is -0.493 e. The highest BCUT2D eigenvalue weighted by molar-refractivity contribution is 5.94. The number of ether oxygens (including phenoxy) is 2. The first kappa shape index (κ1) is 17.8. The lowest BCUT2D eigenvalue weighted by Crippen LogP contribution is -2.39. The van der Waals surface area contributed by atoms with Crippen molar-refractivity contribution in [3.8, 4) is 11.5 Å². The summed E-state index contributed by atoms with van der Waals surface area (Å²) in [6, 6.07) is 15.1. The third-order valence-corrected chi connectivity index (χ3v) is 3.84. The van der Waals surface area contributed by atoms with Crippen molar-refractivity contribution in [1.29, 1.82) is 0 Å². The van der Waals surface area contributed by atoms with E-state index in [1.54, 1.807) is 32.4 Å². The van der Waals surface area contributed by atoms with Gasteiger partial charge in [0.2, 0.25) is 5.91 Å². The fourth-order valence-electron chi connectivity index (χ4n) is 2.45. The summed E-state index contributed by atoms with van der Waals surface area (Å²) in [6.45, 7) is 3.88. The molecule has 2 atom stereocenters. The molecule has 0 heterocycles. The molecule has 0 unspecified atom stereocenters. The first-order chi connectivity index (χ1) is 11.5. The summed E-state index contributed by atoms with van der Waals surface area (Å²) in [5.41, 5.74) is 1.81. The predicted molar refractivity (Wildman–Crippen MR) is 95.6 cm³/mol. The van der Waals surface area contributed by atoms with Gasteiger partial charge in [0.15, 0.2) is 11.5 Å². The van der Waals surface area contributed by atoms with Gasteiger partial charge in [-0.25, -0.2) is 0 Å². The number of amides is 1. The van der Waals surface area contributed by atoms with Crippen LogP contribution in [0.2, 0.25) is 0 Å². The summed E-state index contributed by atoms with van der Waals surface area (Å²) in [4.78, 5) is 12.4. The molecule has 128 valence electrons. The smallest absolute Gasteiger partial charge is 0.241 e. The van der Waals surface area contributed by atoms with Crippen LogP contribution in [0.15, 0.2) is 48.5 Å². The monoisotopic (exact) mass is 328 g/mol. The lowest BCUT2D eigenvalue weighted by molar-refractivity contribution is -0.117. The number of methoxy groups -OCH3 is 2. The molecular formula is C19H24N2O3. The topological polar surface area (TPSA) is 59.6 Å². The maximum Gasteiger partial charge on any atom is 0.241 e. The molecule has 0 radical (unpaired) electrons. The number of nitrogens with one attached hydrogen (secondary N) is 2. The molecule has 2 N–H and O–H groups in total. The highest BCUT2D eigenvalue weighted by Crippen LogP contribution is 2.29. The number of rotatable bonds is 7. The van der Waals surface area contributed by atoms with Crippen molar-refractivity contribution in [3.63, 3.8) is 0 Å². The first-order valence-electron chi connectivity index (χ1n) is 7.89. The van der Waals surface area contributed by atoms with Gasteiger partial charge in [-0.2, -0.15) is 0 Å². The van der Waals surface area contributed by atoms with Gasteiger partial charge in [0.25, 0.3) is 0 Å². The van der Waals surface area contributed by atoms with E-state index in [9.17, 15) is 4.79 Å².